The van der Waals surface area contributed by atoms with Crippen molar-refractivity contribution in [2.45, 2.75) is 17.4 Å². The molecule has 1 fully saturated rings. The lowest BCUT2D eigenvalue weighted by Crippen LogP contribution is -2.44. The summed E-state index contributed by atoms with van der Waals surface area (Å²) in [6, 6.07) is 7.21. The number of carbonyl (C=O) groups excluding carboxylic acids is 2. The van der Waals surface area contributed by atoms with Crippen LogP contribution < -0.4 is 5.32 Å². The third kappa shape index (κ3) is 3.96. The molecule has 102 valence electrons. The Morgan fingerprint density at radius 3 is 2.74 bits per heavy atom. The molecule has 1 unspecified atom stereocenters. The highest BCUT2D eigenvalue weighted by Gasteiger charge is 2.28. The van der Waals surface area contributed by atoms with Gasteiger partial charge in [0.1, 0.15) is 0 Å². The van der Waals surface area contributed by atoms with Gasteiger partial charge in [0.15, 0.2) is 0 Å². The fourth-order valence-corrected chi connectivity index (χ4v) is 3.04. The van der Waals surface area contributed by atoms with Crippen LogP contribution in [0.1, 0.15) is 6.42 Å². The van der Waals surface area contributed by atoms with E-state index in [9.17, 15) is 9.59 Å². The number of hydrogen-bond acceptors (Lipinski definition) is 4. The molecule has 2 amide bonds. The molecule has 0 aliphatic carbocycles. The van der Waals surface area contributed by atoms with Gasteiger partial charge in [-0.05, 0) is 31.3 Å². The van der Waals surface area contributed by atoms with E-state index in [2.05, 4.69) is 5.32 Å². The van der Waals surface area contributed by atoms with E-state index in [1.54, 1.807) is 11.8 Å². The highest BCUT2D eigenvalue weighted by molar-refractivity contribution is 7.99. The van der Waals surface area contributed by atoms with Crippen molar-refractivity contribution in [3.8, 4) is 0 Å². The van der Waals surface area contributed by atoms with Crippen molar-refractivity contribution in [2.75, 3.05) is 19.3 Å². The summed E-state index contributed by atoms with van der Waals surface area (Å²) in [6.07, 6.45) is 0.365. The number of nitrogens with one attached hydrogen (secondary N) is 1. The summed E-state index contributed by atoms with van der Waals surface area (Å²) in [5.74, 6) is 0.194. The van der Waals surface area contributed by atoms with Crippen LogP contribution in [0.2, 0.25) is 5.02 Å². The maximum atomic E-state index is 11.9. The molecule has 0 aromatic heterocycles. The monoisotopic (exact) mass is 298 g/mol. The molecule has 1 atom stereocenters. The molecule has 1 aliphatic heterocycles. The summed E-state index contributed by atoms with van der Waals surface area (Å²) < 4.78 is 0. The zero-order valence-electron chi connectivity index (χ0n) is 10.6. The van der Waals surface area contributed by atoms with Crippen molar-refractivity contribution >= 4 is 35.2 Å². The van der Waals surface area contributed by atoms with E-state index < -0.39 is 0 Å². The second kappa shape index (κ2) is 6.41. The Balaban J connectivity index is 1.98. The van der Waals surface area contributed by atoms with E-state index in [0.717, 1.165) is 4.90 Å². The van der Waals surface area contributed by atoms with E-state index >= 15 is 0 Å². The molecule has 0 radical (unpaired) electrons. The average molecular weight is 299 g/mol. The van der Waals surface area contributed by atoms with Gasteiger partial charge in [-0.15, -0.1) is 11.8 Å². The minimum absolute atomic E-state index is 0.198. The predicted molar refractivity (Wildman–Crippen MR) is 76.4 cm³/mol. The Hall–Kier alpha value is -1.04. The van der Waals surface area contributed by atoms with Crippen LogP contribution in [0.15, 0.2) is 29.2 Å². The average Bonchev–Trinajstić information content (AvgIpc) is 2.49. The molecule has 0 spiro atoms. The highest BCUT2D eigenvalue weighted by Crippen LogP contribution is 2.22. The summed E-state index contributed by atoms with van der Waals surface area (Å²) in [5, 5.41) is 3.11. The van der Waals surface area contributed by atoms with Crippen molar-refractivity contribution in [3.63, 3.8) is 0 Å². The summed E-state index contributed by atoms with van der Waals surface area (Å²) in [6.45, 7) is 0.601. The van der Waals surface area contributed by atoms with Gasteiger partial charge in [-0.25, -0.2) is 0 Å². The van der Waals surface area contributed by atoms with E-state index in [-0.39, 0.29) is 17.9 Å². The third-order valence-corrected chi connectivity index (χ3v) is 4.35. The SMILES string of the molecule is CN1CCC(=O)NC(=O)C1CSc1ccc(Cl)cc1. The number of imide groups is 1. The Morgan fingerprint density at radius 1 is 1.37 bits per heavy atom. The van der Waals surface area contributed by atoms with E-state index in [4.69, 9.17) is 11.6 Å². The molecule has 6 heteroatoms. The van der Waals surface area contributed by atoms with Crippen LogP contribution in [0.25, 0.3) is 0 Å². The molecule has 1 aliphatic rings. The molecule has 1 saturated heterocycles. The fraction of sp³-hybridized carbons (Fsp3) is 0.385. The van der Waals surface area contributed by atoms with Crippen molar-refractivity contribution in [1.82, 2.24) is 10.2 Å². The molecule has 2 rings (SSSR count). The van der Waals surface area contributed by atoms with Gasteiger partial charge in [0.25, 0.3) is 0 Å². The van der Waals surface area contributed by atoms with Crippen molar-refractivity contribution < 1.29 is 9.59 Å². The van der Waals surface area contributed by atoms with Crippen LogP contribution in [-0.4, -0.2) is 42.1 Å². The number of thioether (sulfide) groups is 1. The number of carbonyl (C=O) groups is 2. The third-order valence-electron chi connectivity index (χ3n) is 3.01. The molecule has 0 saturated carbocycles. The molecule has 1 aromatic carbocycles. The van der Waals surface area contributed by atoms with Crippen LogP contribution in [0.5, 0.6) is 0 Å². The van der Waals surface area contributed by atoms with Crippen LogP contribution in [0.4, 0.5) is 0 Å². The van der Waals surface area contributed by atoms with Gasteiger partial charge in [0.2, 0.25) is 11.8 Å². The van der Waals surface area contributed by atoms with Crippen LogP contribution >= 0.6 is 23.4 Å². The summed E-state index contributed by atoms with van der Waals surface area (Å²) in [4.78, 5) is 26.2. The number of halogens is 1. The summed E-state index contributed by atoms with van der Waals surface area (Å²) in [7, 11) is 1.87. The zero-order chi connectivity index (χ0) is 13.8. The van der Waals surface area contributed by atoms with Gasteiger partial charge in [-0.2, -0.15) is 0 Å². The molecule has 0 bridgehead atoms. The predicted octanol–water partition coefficient (Wildman–Crippen LogP) is 1.78. The lowest BCUT2D eigenvalue weighted by Gasteiger charge is -2.22. The molecular weight excluding hydrogens is 284 g/mol. The molecule has 19 heavy (non-hydrogen) atoms. The van der Waals surface area contributed by atoms with Gasteiger partial charge in [0, 0.05) is 28.6 Å². The number of amides is 2. The first kappa shape index (κ1) is 14.4. The topological polar surface area (TPSA) is 49.4 Å². The second-order valence-corrected chi connectivity index (χ2v) is 5.95. The minimum Gasteiger partial charge on any atom is -0.295 e. The number of hydrogen-bond donors (Lipinski definition) is 1. The van der Waals surface area contributed by atoms with Gasteiger partial charge in [0.05, 0.1) is 6.04 Å². The summed E-state index contributed by atoms with van der Waals surface area (Å²) in [5.41, 5.74) is 0. The van der Waals surface area contributed by atoms with Crippen molar-refractivity contribution in [1.29, 1.82) is 0 Å². The Kier molecular flexibility index (Phi) is 4.85. The number of likely N-dealkylation sites (N-methyl/N-ethyl adjacent to an activating group) is 1. The van der Waals surface area contributed by atoms with Gasteiger partial charge in [-0.1, -0.05) is 11.6 Å². The second-order valence-electron chi connectivity index (χ2n) is 4.42. The fourth-order valence-electron chi connectivity index (χ4n) is 1.83. The van der Waals surface area contributed by atoms with E-state index in [0.29, 0.717) is 23.7 Å². The first-order chi connectivity index (χ1) is 9.06. The molecular formula is C13H15ClN2O2S. The van der Waals surface area contributed by atoms with Crippen LogP contribution in [-0.2, 0) is 9.59 Å². The minimum atomic E-state index is -0.285. The largest absolute Gasteiger partial charge is 0.295 e. The normalized spacial score (nSPS) is 21.1. The molecule has 1 aromatic rings. The van der Waals surface area contributed by atoms with Gasteiger partial charge < -0.3 is 0 Å². The molecule has 4 nitrogen and oxygen atoms in total. The Bertz CT molecular complexity index is 478. The Morgan fingerprint density at radius 2 is 2.05 bits per heavy atom. The Labute approximate surface area is 121 Å². The highest BCUT2D eigenvalue weighted by atomic mass is 35.5. The lowest BCUT2D eigenvalue weighted by atomic mass is 10.3. The van der Waals surface area contributed by atoms with Crippen molar-refractivity contribution in [3.05, 3.63) is 29.3 Å². The van der Waals surface area contributed by atoms with E-state index in [1.807, 2.05) is 36.2 Å². The maximum Gasteiger partial charge on any atom is 0.244 e. The quantitative estimate of drug-likeness (QED) is 0.683. The van der Waals surface area contributed by atoms with Crippen LogP contribution in [0.3, 0.4) is 0 Å². The maximum absolute atomic E-state index is 11.9. The lowest BCUT2D eigenvalue weighted by molar-refractivity contribution is -0.130. The van der Waals surface area contributed by atoms with E-state index in [1.165, 1.54) is 0 Å². The number of nitrogens with zero attached hydrogens (tertiary/aromatic N) is 1. The standard InChI is InChI=1S/C13H15ClN2O2S/c1-16-7-6-12(17)15-13(18)11(16)8-19-10-4-2-9(14)3-5-10/h2-5,11H,6-8H2,1H3,(H,15,17,18). The number of benzene rings is 1. The molecule has 1 N–H and O–H groups in total. The zero-order valence-corrected chi connectivity index (χ0v) is 12.1. The van der Waals surface area contributed by atoms with Crippen molar-refractivity contribution in [2.24, 2.45) is 0 Å². The smallest absolute Gasteiger partial charge is 0.244 e. The summed E-state index contributed by atoms with van der Waals surface area (Å²) >= 11 is 7.41. The van der Waals surface area contributed by atoms with Gasteiger partial charge >= 0.3 is 0 Å². The first-order valence-electron chi connectivity index (χ1n) is 5.98. The first-order valence-corrected chi connectivity index (χ1v) is 7.35. The molecule has 1 heterocycles. The van der Waals surface area contributed by atoms with Crippen LogP contribution in [0, 0.1) is 0 Å². The van der Waals surface area contributed by atoms with Gasteiger partial charge in [-0.3, -0.25) is 19.8 Å². The number of rotatable bonds is 3.